The summed E-state index contributed by atoms with van der Waals surface area (Å²) < 4.78 is 0. The molecule has 0 saturated heterocycles. The SMILES string of the molecule is [O-]CC(Cl)Cl. The van der Waals surface area contributed by atoms with Crippen LogP contribution in [0.1, 0.15) is 0 Å². The van der Waals surface area contributed by atoms with Crippen molar-refractivity contribution in [1.29, 1.82) is 0 Å². The fraction of sp³-hybridized carbons (Fsp3) is 1.00. The van der Waals surface area contributed by atoms with Crippen LogP contribution in [-0.2, 0) is 0 Å². The van der Waals surface area contributed by atoms with Crippen molar-refractivity contribution in [3.63, 3.8) is 0 Å². The predicted octanol–water partition coefficient (Wildman–Crippen LogP) is 0.150. The first kappa shape index (κ1) is 5.54. The van der Waals surface area contributed by atoms with Gasteiger partial charge in [0.2, 0.25) is 0 Å². The Morgan fingerprint density at radius 3 is 1.80 bits per heavy atom. The summed E-state index contributed by atoms with van der Waals surface area (Å²) in [6.07, 6.45) is 0. The maximum atomic E-state index is 9.37. The zero-order valence-corrected chi connectivity index (χ0v) is 3.96. The fourth-order valence-corrected chi connectivity index (χ4v) is 0. The molecule has 5 heavy (non-hydrogen) atoms. The van der Waals surface area contributed by atoms with Crippen molar-refractivity contribution < 1.29 is 5.11 Å². The third kappa shape index (κ3) is 4.54. The fourth-order valence-electron chi connectivity index (χ4n) is 0. The summed E-state index contributed by atoms with van der Waals surface area (Å²) in [4.78, 5) is -0.727. The van der Waals surface area contributed by atoms with E-state index < -0.39 is 11.4 Å². The minimum Gasteiger partial charge on any atom is -0.853 e. The number of alkyl halides is 2. The lowest BCUT2D eigenvalue weighted by atomic mass is 10.9. The van der Waals surface area contributed by atoms with Crippen molar-refractivity contribution in [3.05, 3.63) is 0 Å². The first-order valence-electron chi connectivity index (χ1n) is 1.13. The largest absolute Gasteiger partial charge is 0.853 e. The average molecular weight is 114 g/mol. The summed E-state index contributed by atoms with van der Waals surface area (Å²) in [5.41, 5.74) is 0. The van der Waals surface area contributed by atoms with Crippen LogP contribution in [0.25, 0.3) is 0 Å². The molecule has 3 heteroatoms. The summed E-state index contributed by atoms with van der Waals surface area (Å²) in [6, 6.07) is 0. The zero-order valence-electron chi connectivity index (χ0n) is 2.45. The van der Waals surface area contributed by atoms with Crippen LogP contribution in [0.3, 0.4) is 0 Å². The van der Waals surface area contributed by atoms with E-state index >= 15 is 0 Å². The minimum atomic E-state index is -0.727. The lowest BCUT2D eigenvalue weighted by Gasteiger charge is -1.98. The Morgan fingerprint density at radius 1 is 1.60 bits per heavy atom. The standard InChI is InChI=1S/C2H3Cl2O/c3-2(4)1-5/h2H,1H2/q-1. The summed E-state index contributed by atoms with van der Waals surface area (Å²) in [5, 5.41) is 9.37. The van der Waals surface area contributed by atoms with Crippen LogP contribution in [0.2, 0.25) is 0 Å². The van der Waals surface area contributed by atoms with Crippen LogP contribution in [0, 0.1) is 0 Å². The van der Waals surface area contributed by atoms with Crippen molar-refractivity contribution in [1.82, 2.24) is 0 Å². The number of rotatable bonds is 1. The maximum absolute atomic E-state index is 9.37. The van der Waals surface area contributed by atoms with Crippen molar-refractivity contribution in [2.45, 2.75) is 4.84 Å². The normalized spacial score (nSPS) is 9.60. The lowest BCUT2D eigenvalue weighted by molar-refractivity contribution is -0.363. The molecular weight excluding hydrogens is 111 g/mol. The van der Waals surface area contributed by atoms with Crippen LogP contribution in [0.15, 0.2) is 0 Å². The smallest absolute Gasteiger partial charge is 0.0922 e. The van der Waals surface area contributed by atoms with E-state index in [2.05, 4.69) is 0 Å². The molecule has 0 aliphatic carbocycles. The van der Waals surface area contributed by atoms with Gasteiger partial charge in [-0.05, 0) is 0 Å². The number of hydrogen-bond donors (Lipinski definition) is 0. The molecule has 0 amide bonds. The molecule has 32 valence electrons. The molecule has 0 aliphatic heterocycles. The summed E-state index contributed by atoms with van der Waals surface area (Å²) in [6.45, 7) is -0.414. The topological polar surface area (TPSA) is 23.1 Å². The van der Waals surface area contributed by atoms with E-state index in [1.165, 1.54) is 0 Å². The summed E-state index contributed by atoms with van der Waals surface area (Å²) in [7, 11) is 0. The highest BCUT2D eigenvalue weighted by molar-refractivity contribution is 6.44. The molecule has 0 bridgehead atoms. The van der Waals surface area contributed by atoms with E-state index in [0.29, 0.717) is 0 Å². The van der Waals surface area contributed by atoms with Gasteiger partial charge in [0, 0.05) is 0 Å². The third-order valence-electron chi connectivity index (χ3n) is 0.126. The Hall–Kier alpha value is 0.540. The van der Waals surface area contributed by atoms with Crippen molar-refractivity contribution in [2.24, 2.45) is 0 Å². The van der Waals surface area contributed by atoms with E-state index in [9.17, 15) is 5.11 Å². The molecule has 0 heterocycles. The number of halogens is 2. The highest BCUT2D eigenvalue weighted by atomic mass is 35.5. The molecule has 0 fully saturated rings. The first-order chi connectivity index (χ1) is 2.27. The zero-order chi connectivity index (χ0) is 4.28. The van der Waals surface area contributed by atoms with Gasteiger partial charge >= 0.3 is 0 Å². The van der Waals surface area contributed by atoms with Gasteiger partial charge in [0.1, 0.15) is 0 Å². The average Bonchev–Trinajstić information content (AvgIpc) is 1.38. The van der Waals surface area contributed by atoms with Crippen LogP contribution in [0.5, 0.6) is 0 Å². The van der Waals surface area contributed by atoms with Gasteiger partial charge in [0.25, 0.3) is 0 Å². The Kier molecular flexibility index (Phi) is 3.06. The molecule has 0 aromatic carbocycles. The van der Waals surface area contributed by atoms with Gasteiger partial charge in [0.15, 0.2) is 0 Å². The molecule has 0 aromatic rings. The highest BCUT2D eigenvalue weighted by Crippen LogP contribution is 1.94. The Bertz CT molecular complexity index is 21.6. The van der Waals surface area contributed by atoms with E-state index in [-0.39, 0.29) is 0 Å². The highest BCUT2D eigenvalue weighted by Gasteiger charge is 1.80. The number of hydrogen-bond acceptors (Lipinski definition) is 1. The minimum absolute atomic E-state index is 0.414. The molecule has 0 unspecified atom stereocenters. The van der Waals surface area contributed by atoms with Crippen molar-refractivity contribution in [2.75, 3.05) is 6.61 Å². The molecule has 0 rings (SSSR count). The van der Waals surface area contributed by atoms with E-state index in [4.69, 9.17) is 23.2 Å². The second-order valence-electron chi connectivity index (χ2n) is 0.558. The van der Waals surface area contributed by atoms with Gasteiger partial charge in [-0.15, -0.1) is 29.8 Å². The van der Waals surface area contributed by atoms with E-state index in [1.807, 2.05) is 0 Å². The van der Waals surface area contributed by atoms with Gasteiger partial charge in [0.05, 0.1) is 4.84 Å². The molecule has 0 aliphatic rings. The van der Waals surface area contributed by atoms with E-state index in [1.54, 1.807) is 0 Å². The van der Waals surface area contributed by atoms with Crippen molar-refractivity contribution >= 4 is 23.2 Å². The van der Waals surface area contributed by atoms with Gasteiger partial charge in [-0.1, -0.05) is 0 Å². The molecular formula is C2H3Cl2O-. The molecule has 0 N–H and O–H groups in total. The van der Waals surface area contributed by atoms with Crippen LogP contribution in [0.4, 0.5) is 0 Å². The monoisotopic (exact) mass is 113 g/mol. The Balaban J connectivity index is 2.54. The van der Waals surface area contributed by atoms with Crippen LogP contribution in [-0.4, -0.2) is 11.4 Å². The van der Waals surface area contributed by atoms with E-state index in [0.717, 1.165) is 0 Å². The molecule has 0 atom stereocenters. The third-order valence-corrected chi connectivity index (χ3v) is 0.378. The molecule has 1 nitrogen and oxygen atoms in total. The van der Waals surface area contributed by atoms with Gasteiger partial charge in [-0.2, -0.15) is 0 Å². The molecule has 0 spiro atoms. The predicted molar refractivity (Wildman–Crippen MR) is 20.4 cm³/mol. The van der Waals surface area contributed by atoms with Gasteiger partial charge < -0.3 is 5.11 Å². The maximum Gasteiger partial charge on any atom is 0.0922 e. The van der Waals surface area contributed by atoms with Gasteiger partial charge in [-0.25, -0.2) is 0 Å². The summed E-state index contributed by atoms with van der Waals surface area (Å²) >= 11 is 9.83. The van der Waals surface area contributed by atoms with Crippen LogP contribution >= 0.6 is 23.2 Å². The molecule has 0 radical (unpaired) electrons. The Morgan fingerprint density at radius 2 is 1.80 bits per heavy atom. The molecule has 0 saturated carbocycles. The quantitative estimate of drug-likeness (QED) is 0.445. The lowest BCUT2D eigenvalue weighted by Crippen LogP contribution is -2.12. The second-order valence-corrected chi connectivity index (χ2v) is 1.83. The molecule has 0 aromatic heterocycles. The first-order valence-corrected chi connectivity index (χ1v) is 2.01. The van der Waals surface area contributed by atoms with Gasteiger partial charge in [-0.3, -0.25) is 0 Å². The summed E-state index contributed by atoms with van der Waals surface area (Å²) in [5.74, 6) is 0. The van der Waals surface area contributed by atoms with Crippen LogP contribution < -0.4 is 5.11 Å². The second kappa shape index (κ2) is 2.76. The van der Waals surface area contributed by atoms with Crippen molar-refractivity contribution in [3.8, 4) is 0 Å². The Labute approximate surface area is 40.5 Å².